The van der Waals surface area contributed by atoms with Gasteiger partial charge in [-0.3, -0.25) is 14.2 Å². The van der Waals surface area contributed by atoms with Crippen LogP contribution in [-0.2, 0) is 16.1 Å². The van der Waals surface area contributed by atoms with Crippen molar-refractivity contribution in [3.05, 3.63) is 49.4 Å². The van der Waals surface area contributed by atoms with Crippen LogP contribution >= 0.6 is 11.3 Å². The van der Waals surface area contributed by atoms with Gasteiger partial charge in [0, 0.05) is 25.2 Å². The van der Waals surface area contributed by atoms with Gasteiger partial charge in [-0.05, 0) is 37.1 Å². The Morgan fingerprint density at radius 1 is 1.28 bits per heavy atom. The number of alkyl halides is 2. The molecule has 0 aliphatic carbocycles. The minimum atomic E-state index is -2.92. The molecule has 0 radical (unpaired) electrons. The Bertz CT molecular complexity index is 1150. The van der Waals surface area contributed by atoms with Crippen molar-refractivity contribution in [3.8, 4) is 11.8 Å². The van der Waals surface area contributed by atoms with Gasteiger partial charge in [-0.2, -0.15) is 14.0 Å². The normalized spacial score (nSPS) is 13.2. The van der Waals surface area contributed by atoms with Crippen LogP contribution in [0.25, 0.3) is 11.6 Å². The molecule has 172 valence electrons. The van der Waals surface area contributed by atoms with Crippen LogP contribution in [0.15, 0.2) is 29.1 Å². The van der Waals surface area contributed by atoms with Crippen molar-refractivity contribution >= 4 is 28.8 Å². The third kappa shape index (κ3) is 6.58. The molecule has 1 aromatic carbocycles. The lowest BCUT2D eigenvalue weighted by molar-refractivity contribution is -0.120. The molecule has 1 aromatic heterocycles. The molecular formula is C23H26F2N2O4S. The Morgan fingerprint density at radius 3 is 2.47 bits per heavy atom. The van der Waals surface area contributed by atoms with Crippen molar-refractivity contribution in [2.45, 2.75) is 47.3 Å². The lowest BCUT2D eigenvalue weighted by Gasteiger charge is -2.15. The molecule has 0 fully saturated rings. The van der Waals surface area contributed by atoms with Gasteiger partial charge in [0.05, 0.1) is 4.53 Å². The highest BCUT2D eigenvalue weighted by Gasteiger charge is 2.27. The average molecular weight is 465 g/mol. The first-order valence-electron chi connectivity index (χ1n) is 10.1. The molecule has 0 amide bonds. The van der Waals surface area contributed by atoms with Crippen LogP contribution in [0.2, 0.25) is 0 Å². The summed E-state index contributed by atoms with van der Waals surface area (Å²) < 4.78 is 36.4. The monoisotopic (exact) mass is 464 g/mol. The Balaban J connectivity index is 2.62. The van der Waals surface area contributed by atoms with E-state index in [9.17, 15) is 23.6 Å². The van der Waals surface area contributed by atoms with E-state index in [1.807, 2.05) is 13.0 Å². The lowest BCUT2D eigenvalue weighted by Crippen LogP contribution is -2.34. The summed E-state index contributed by atoms with van der Waals surface area (Å²) in [6, 6.07) is 7.83. The Kier molecular flexibility index (Phi) is 8.87. The predicted octanol–water partition coefficient (Wildman–Crippen LogP) is 3.06. The van der Waals surface area contributed by atoms with Crippen LogP contribution in [0.1, 0.15) is 39.7 Å². The fraction of sp³-hybridized carbons (Fsp3) is 0.435. The fourth-order valence-electron chi connectivity index (χ4n) is 2.85. The number of carbonyl (C=O) groups excluding carboxylic acids is 1. The van der Waals surface area contributed by atoms with Crippen LogP contribution in [0.4, 0.5) is 8.78 Å². The summed E-state index contributed by atoms with van der Waals surface area (Å²) in [5, 5.41) is 9.71. The number of hydrogen-bond acceptors (Lipinski definition) is 6. The SMILES string of the molecule is CCOCCCn1c(=O)/c(=C\c2ccc(OC(F)F)cc2)s/c1=C(/C#N)C(=O)C(C)(C)C. The number of aromatic nitrogens is 1. The number of halogens is 2. The van der Waals surface area contributed by atoms with Gasteiger partial charge in [0.2, 0.25) is 0 Å². The minimum absolute atomic E-state index is 0.00762. The number of ether oxygens (including phenoxy) is 2. The highest BCUT2D eigenvalue weighted by molar-refractivity contribution is 7.07. The number of thiazole rings is 1. The first-order valence-corrected chi connectivity index (χ1v) is 10.9. The molecule has 0 bridgehead atoms. The zero-order chi connectivity index (χ0) is 23.9. The number of ketones is 1. The van der Waals surface area contributed by atoms with Gasteiger partial charge in [0.1, 0.15) is 22.1 Å². The molecule has 0 unspecified atom stereocenters. The zero-order valence-corrected chi connectivity index (χ0v) is 19.3. The summed E-state index contributed by atoms with van der Waals surface area (Å²) in [7, 11) is 0. The number of hydrogen-bond donors (Lipinski definition) is 0. The third-order valence-electron chi connectivity index (χ3n) is 4.42. The number of nitriles is 1. The lowest BCUT2D eigenvalue weighted by atomic mass is 9.87. The van der Waals surface area contributed by atoms with E-state index in [4.69, 9.17) is 4.74 Å². The van der Waals surface area contributed by atoms with Gasteiger partial charge in [0.15, 0.2) is 5.78 Å². The van der Waals surface area contributed by atoms with Crippen molar-refractivity contribution in [2.75, 3.05) is 13.2 Å². The van der Waals surface area contributed by atoms with Crippen LogP contribution in [-0.4, -0.2) is 30.2 Å². The smallest absolute Gasteiger partial charge is 0.387 e. The summed E-state index contributed by atoms with van der Waals surface area (Å²) in [5.41, 5.74) is -0.579. The van der Waals surface area contributed by atoms with Crippen molar-refractivity contribution in [3.63, 3.8) is 0 Å². The molecule has 0 aliphatic heterocycles. The van der Waals surface area contributed by atoms with Crippen LogP contribution < -0.4 is 19.5 Å². The summed E-state index contributed by atoms with van der Waals surface area (Å²) in [6.45, 7) is 5.38. The second-order valence-corrected chi connectivity index (χ2v) is 8.97. The number of carbonyl (C=O) groups is 1. The van der Waals surface area contributed by atoms with Crippen molar-refractivity contribution in [2.24, 2.45) is 5.41 Å². The van der Waals surface area contributed by atoms with Crippen molar-refractivity contribution < 1.29 is 23.0 Å². The maximum atomic E-state index is 13.1. The molecule has 9 heteroatoms. The van der Waals surface area contributed by atoms with Crippen molar-refractivity contribution in [1.82, 2.24) is 4.57 Å². The van der Waals surface area contributed by atoms with Gasteiger partial charge >= 0.3 is 6.61 Å². The number of Topliss-reactive ketones (excluding diaryl/α,β-unsaturated/α-hetero) is 1. The molecule has 0 saturated carbocycles. The standard InChI is InChI=1S/C23H26F2N2O4S/c1-5-30-12-6-11-27-20(29)18(13-15-7-9-16(10-8-15)31-22(24)25)32-21(27)17(14-26)19(28)23(2,3)4/h7-10,13,22H,5-6,11-12H2,1-4H3/b18-13+,21-17-. The van der Waals surface area contributed by atoms with E-state index in [0.717, 1.165) is 11.3 Å². The molecule has 0 spiro atoms. The minimum Gasteiger partial charge on any atom is -0.435 e. The highest BCUT2D eigenvalue weighted by Crippen LogP contribution is 2.19. The molecule has 1 heterocycles. The Hall–Kier alpha value is -2.83. The summed E-state index contributed by atoms with van der Waals surface area (Å²) in [4.78, 5) is 26.0. The van der Waals surface area contributed by atoms with Gasteiger partial charge in [-0.1, -0.05) is 32.9 Å². The maximum Gasteiger partial charge on any atom is 0.387 e. The van der Waals surface area contributed by atoms with E-state index in [1.165, 1.54) is 16.7 Å². The molecule has 0 saturated heterocycles. The first kappa shape index (κ1) is 25.4. The number of rotatable bonds is 9. The molecular weight excluding hydrogens is 438 g/mol. The van der Waals surface area contributed by atoms with E-state index in [2.05, 4.69) is 4.74 Å². The molecule has 0 atom stereocenters. The van der Waals surface area contributed by atoms with Crippen LogP contribution in [0.3, 0.4) is 0 Å². The first-order chi connectivity index (χ1) is 15.1. The Morgan fingerprint density at radius 2 is 1.94 bits per heavy atom. The van der Waals surface area contributed by atoms with E-state index < -0.39 is 12.0 Å². The number of nitrogens with zero attached hydrogens (tertiary/aromatic N) is 2. The van der Waals surface area contributed by atoms with Gasteiger partial charge < -0.3 is 9.47 Å². The largest absolute Gasteiger partial charge is 0.435 e. The van der Waals surface area contributed by atoms with E-state index in [1.54, 1.807) is 39.0 Å². The maximum absolute atomic E-state index is 13.1. The predicted molar refractivity (Wildman–Crippen MR) is 119 cm³/mol. The molecule has 0 aliphatic rings. The molecule has 2 aromatic rings. The van der Waals surface area contributed by atoms with E-state index in [-0.39, 0.29) is 22.7 Å². The van der Waals surface area contributed by atoms with Gasteiger partial charge in [-0.15, -0.1) is 11.3 Å². The molecule has 32 heavy (non-hydrogen) atoms. The summed E-state index contributed by atoms with van der Waals surface area (Å²) in [5.74, 6) is -0.340. The summed E-state index contributed by atoms with van der Waals surface area (Å²) >= 11 is 1.06. The molecule has 0 N–H and O–H groups in total. The fourth-order valence-corrected chi connectivity index (χ4v) is 3.97. The molecule has 6 nitrogen and oxygen atoms in total. The van der Waals surface area contributed by atoms with Gasteiger partial charge in [-0.25, -0.2) is 0 Å². The second-order valence-electron chi connectivity index (χ2n) is 7.94. The third-order valence-corrected chi connectivity index (χ3v) is 5.55. The van der Waals surface area contributed by atoms with E-state index >= 15 is 0 Å². The van der Waals surface area contributed by atoms with Crippen LogP contribution in [0, 0.1) is 16.7 Å². The topological polar surface area (TPSA) is 81.3 Å². The highest BCUT2D eigenvalue weighted by atomic mass is 32.1. The van der Waals surface area contributed by atoms with Gasteiger partial charge in [0.25, 0.3) is 5.56 Å². The van der Waals surface area contributed by atoms with Crippen molar-refractivity contribution in [1.29, 1.82) is 5.26 Å². The summed E-state index contributed by atoms with van der Waals surface area (Å²) in [6.07, 6.45) is 2.14. The quantitative estimate of drug-likeness (QED) is 0.533. The second kappa shape index (κ2) is 11.2. The zero-order valence-electron chi connectivity index (χ0n) is 18.5. The van der Waals surface area contributed by atoms with Crippen LogP contribution in [0.5, 0.6) is 5.75 Å². The van der Waals surface area contributed by atoms with E-state index in [0.29, 0.717) is 40.9 Å². The molecule has 2 rings (SSSR count). The number of benzene rings is 1. The average Bonchev–Trinajstić information content (AvgIpc) is 3.01. The Labute approximate surface area is 189 Å².